The highest BCUT2D eigenvalue weighted by Crippen LogP contribution is 2.41. The van der Waals surface area contributed by atoms with E-state index < -0.39 is 0 Å². The maximum atomic E-state index is 12.6. The van der Waals surface area contributed by atoms with Gasteiger partial charge in [-0.3, -0.25) is 4.79 Å². The first kappa shape index (κ1) is 12.2. The molecule has 0 radical (unpaired) electrons. The van der Waals surface area contributed by atoms with Gasteiger partial charge < -0.3 is 5.32 Å². The van der Waals surface area contributed by atoms with Crippen LogP contribution in [0.25, 0.3) is 22.3 Å². The van der Waals surface area contributed by atoms with Crippen LogP contribution in [0, 0.1) is 0 Å². The van der Waals surface area contributed by atoms with Crippen molar-refractivity contribution in [3.05, 3.63) is 70.4 Å². The lowest BCUT2D eigenvalue weighted by Gasteiger charge is -2.08. The van der Waals surface area contributed by atoms with Crippen molar-refractivity contribution in [3.8, 4) is 22.3 Å². The third-order valence-electron chi connectivity index (χ3n) is 5.02. The average Bonchev–Trinajstić information content (AvgIpc) is 3.27. The second kappa shape index (κ2) is 3.97. The van der Waals surface area contributed by atoms with Crippen molar-refractivity contribution < 1.29 is 4.79 Å². The molecule has 3 aromatic rings. The molecular formula is C20H11N3O. The third-order valence-corrected chi connectivity index (χ3v) is 5.02. The summed E-state index contributed by atoms with van der Waals surface area (Å²) >= 11 is 0. The van der Waals surface area contributed by atoms with E-state index in [1.807, 2.05) is 42.5 Å². The monoisotopic (exact) mass is 309 g/mol. The van der Waals surface area contributed by atoms with Crippen LogP contribution in [0.3, 0.4) is 0 Å². The van der Waals surface area contributed by atoms with Crippen LogP contribution in [-0.2, 0) is 6.54 Å². The normalized spacial score (nSPS) is 14.8. The summed E-state index contributed by atoms with van der Waals surface area (Å²) in [4.78, 5) is 22.2. The molecule has 6 rings (SSSR count). The Balaban J connectivity index is 1.88. The summed E-state index contributed by atoms with van der Waals surface area (Å²) in [6, 6.07) is 16.1. The van der Waals surface area contributed by atoms with Gasteiger partial charge in [0.2, 0.25) is 0 Å². The van der Waals surface area contributed by atoms with Crippen LogP contribution < -0.4 is 16.0 Å². The smallest absolute Gasteiger partial charge is 0.252 e. The Hall–Kier alpha value is -3.27. The highest BCUT2D eigenvalue weighted by atomic mass is 16.1. The first-order valence-corrected chi connectivity index (χ1v) is 7.96. The Morgan fingerprint density at radius 2 is 1.33 bits per heavy atom. The number of hydrogen-bond donors (Lipinski definition) is 1. The van der Waals surface area contributed by atoms with E-state index >= 15 is 0 Å². The lowest BCUT2D eigenvalue weighted by Crippen LogP contribution is -2.29. The van der Waals surface area contributed by atoms with Crippen LogP contribution in [0.1, 0.15) is 15.9 Å². The summed E-state index contributed by atoms with van der Waals surface area (Å²) in [6.07, 6.45) is 0. The minimum absolute atomic E-state index is 0.0136. The van der Waals surface area contributed by atoms with E-state index in [0.29, 0.717) is 6.54 Å². The molecule has 3 heterocycles. The number of hydrogen-bond acceptors (Lipinski definition) is 3. The van der Waals surface area contributed by atoms with Crippen molar-refractivity contribution in [1.82, 2.24) is 5.32 Å². The van der Waals surface area contributed by atoms with Gasteiger partial charge in [0.05, 0.1) is 27.7 Å². The first-order valence-electron chi connectivity index (χ1n) is 7.96. The molecule has 0 spiro atoms. The molecular weight excluding hydrogens is 298 g/mol. The topological polar surface area (TPSA) is 53.8 Å². The number of rotatable bonds is 0. The molecule has 112 valence electrons. The molecule has 0 saturated heterocycles. The fraction of sp³-hybridized carbons (Fsp3) is 0.0500. The number of fused-ring (bicyclic) bond motifs is 10. The van der Waals surface area contributed by atoms with Crippen LogP contribution in [-0.4, -0.2) is 5.91 Å². The summed E-state index contributed by atoms with van der Waals surface area (Å²) < 4.78 is 0. The van der Waals surface area contributed by atoms with Gasteiger partial charge in [0.15, 0.2) is 0 Å². The molecule has 0 aromatic heterocycles. The van der Waals surface area contributed by atoms with E-state index in [1.165, 1.54) is 0 Å². The van der Waals surface area contributed by atoms with Gasteiger partial charge in [0.25, 0.3) is 5.91 Å². The highest BCUT2D eigenvalue weighted by molar-refractivity contribution is 6.08. The Labute approximate surface area is 137 Å². The molecule has 0 unspecified atom stereocenters. The zero-order valence-corrected chi connectivity index (χ0v) is 12.6. The second-order valence-corrected chi connectivity index (χ2v) is 6.24. The molecule has 0 fully saturated rings. The van der Waals surface area contributed by atoms with Crippen molar-refractivity contribution in [2.75, 3.05) is 0 Å². The van der Waals surface area contributed by atoms with Crippen molar-refractivity contribution in [1.29, 1.82) is 0 Å². The molecule has 0 saturated carbocycles. The van der Waals surface area contributed by atoms with E-state index in [4.69, 9.17) is 9.98 Å². The number of carbonyl (C=O) groups excluding carboxylic acids is 1. The van der Waals surface area contributed by atoms with Gasteiger partial charge in [-0.05, 0) is 17.7 Å². The molecule has 0 atom stereocenters. The molecule has 4 nitrogen and oxygen atoms in total. The van der Waals surface area contributed by atoms with E-state index in [2.05, 4.69) is 11.4 Å². The van der Waals surface area contributed by atoms with Crippen LogP contribution in [0.5, 0.6) is 0 Å². The number of benzene rings is 3. The van der Waals surface area contributed by atoms with Crippen molar-refractivity contribution >= 4 is 17.3 Å². The van der Waals surface area contributed by atoms with E-state index in [0.717, 1.165) is 55.5 Å². The molecule has 3 aliphatic heterocycles. The summed E-state index contributed by atoms with van der Waals surface area (Å²) in [5.74, 6) is -0.0136. The number of para-hydroxylation sites is 2. The fourth-order valence-corrected chi connectivity index (χ4v) is 4.03. The number of nitrogens with zero attached hydrogens (tertiary/aromatic N) is 2. The van der Waals surface area contributed by atoms with Gasteiger partial charge in [0.1, 0.15) is 0 Å². The fourth-order valence-electron chi connectivity index (χ4n) is 4.03. The molecule has 3 aliphatic rings. The van der Waals surface area contributed by atoms with Gasteiger partial charge >= 0.3 is 0 Å². The maximum absolute atomic E-state index is 12.6. The molecule has 24 heavy (non-hydrogen) atoms. The van der Waals surface area contributed by atoms with E-state index in [9.17, 15) is 4.79 Å². The minimum atomic E-state index is -0.0136. The van der Waals surface area contributed by atoms with Crippen LogP contribution >= 0.6 is 0 Å². The Bertz CT molecular complexity index is 1220. The van der Waals surface area contributed by atoms with Crippen LogP contribution in [0.2, 0.25) is 0 Å². The zero-order chi connectivity index (χ0) is 15.8. The van der Waals surface area contributed by atoms with Crippen molar-refractivity contribution in [3.63, 3.8) is 0 Å². The molecule has 0 bridgehead atoms. The number of carbonyl (C=O) groups is 1. The molecule has 3 aromatic carbocycles. The average molecular weight is 309 g/mol. The van der Waals surface area contributed by atoms with E-state index in [-0.39, 0.29) is 5.91 Å². The lowest BCUT2D eigenvalue weighted by atomic mass is 9.90. The Morgan fingerprint density at radius 1 is 0.750 bits per heavy atom. The number of nitrogens with one attached hydrogen (secondary N) is 1. The predicted molar refractivity (Wildman–Crippen MR) is 90.1 cm³/mol. The van der Waals surface area contributed by atoms with Gasteiger partial charge in [0, 0.05) is 28.8 Å². The quantitative estimate of drug-likeness (QED) is 0.470. The van der Waals surface area contributed by atoms with Crippen LogP contribution in [0.4, 0.5) is 11.4 Å². The lowest BCUT2D eigenvalue weighted by molar-refractivity contribution is 0.0966. The van der Waals surface area contributed by atoms with Gasteiger partial charge in [-0.25, -0.2) is 9.98 Å². The van der Waals surface area contributed by atoms with Crippen LogP contribution in [0.15, 0.2) is 58.5 Å². The molecule has 1 amide bonds. The molecule has 4 heteroatoms. The molecule has 1 N–H and O–H groups in total. The number of amides is 1. The third kappa shape index (κ3) is 1.28. The van der Waals surface area contributed by atoms with Gasteiger partial charge in [-0.1, -0.05) is 36.4 Å². The minimum Gasteiger partial charge on any atom is -0.348 e. The SMILES string of the molecule is O=C1NCc2c1c1c(c3c2-c2ccccc2N=3)=Nc2ccccc2-1. The maximum Gasteiger partial charge on any atom is 0.252 e. The summed E-state index contributed by atoms with van der Waals surface area (Å²) in [5.41, 5.74) is 7.80. The highest BCUT2D eigenvalue weighted by Gasteiger charge is 2.34. The Kier molecular flexibility index (Phi) is 2.02. The second-order valence-electron chi connectivity index (χ2n) is 6.24. The van der Waals surface area contributed by atoms with Gasteiger partial charge in [-0.15, -0.1) is 0 Å². The van der Waals surface area contributed by atoms with Gasteiger partial charge in [-0.2, -0.15) is 0 Å². The largest absolute Gasteiger partial charge is 0.348 e. The molecule has 0 aliphatic carbocycles. The Morgan fingerprint density at radius 3 is 2.04 bits per heavy atom. The predicted octanol–water partition coefficient (Wildman–Crippen LogP) is 2.79. The summed E-state index contributed by atoms with van der Waals surface area (Å²) in [6.45, 7) is 0.551. The first-order chi connectivity index (χ1) is 11.8. The summed E-state index contributed by atoms with van der Waals surface area (Å²) in [7, 11) is 0. The standard InChI is InChI=1S/C20H11N3O/c24-20-17-12(9-21-20)15-10-5-1-3-7-13(10)22-18(15)19-16(17)11-6-2-4-8-14(11)23-19/h1-8H,9H2,(H,21,24). The summed E-state index contributed by atoms with van der Waals surface area (Å²) in [5, 5.41) is 4.72. The van der Waals surface area contributed by atoms with E-state index in [1.54, 1.807) is 0 Å². The zero-order valence-electron chi connectivity index (χ0n) is 12.6. The van der Waals surface area contributed by atoms with Crippen molar-refractivity contribution in [2.45, 2.75) is 6.54 Å². The van der Waals surface area contributed by atoms with Crippen molar-refractivity contribution in [2.24, 2.45) is 9.98 Å².